The summed E-state index contributed by atoms with van der Waals surface area (Å²) >= 11 is 0. The second-order valence-corrected chi connectivity index (χ2v) is 4.62. The van der Waals surface area contributed by atoms with Crippen LogP contribution in [0.25, 0.3) is 0 Å². The number of hydrogen-bond acceptors (Lipinski definition) is 7. The van der Waals surface area contributed by atoms with Crippen molar-refractivity contribution in [1.82, 2.24) is 10.6 Å². The second kappa shape index (κ2) is 30.7. The number of alkyl carbamates (subject to hydrolysis) is 1. The van der Waals surface area contributed by atoms with Crippen molar-refractivity contribution < 1.29 is 29.0 Å². The molecule has 0 radical (unpaired) electrons. The molecule has 3 N–H and O–H groups in total. The van der Waals surface area contributed by atoms with Crippen LogP contribution in [0.3, 0.4) is 0 Å². The molecule has 1 atom stereocenters. The number of isocyanates is 1. The first-order chi connectivity index (χ1) is 11.5. The molecule has 0 spiro atoms. The topological polar surface area (TPSA) is 150 Å². The van der Waals surface area contributed by atoms with Crippen LogP contribution in [0.15, 0.2) is 17.1 Å². The zero-order valence-corrected chi connectivity index (χ0v) is 13.1. The Balaban J connectivity index is -0.0000000672. The maximum absolute atomic E-state index is 11.0. The van der Waals surface area contributed by atoms with Crippen molar-refractivity contribution in [2.24, 2.45) is 10.9 Å². The molecule has 0 aromatic carbocycles. The maximum atomic E-state index is 11.0. The predicted molar refractivity (Wildman–Crippen MR) is 122 cm³/mol. The minimum absolute atomic E-state index is 0. The number of allylic oxidation sites excluding steroid dienone is 1. The third-order valence-electron chi connectivity index (χ3n) is 3.05. The van der Waals surface area contributed by atoms with Gasteiger partial charge in [0.1, 0.15) is 6.67 Å². The standard InChI is InChI=1S/C11H16N2O3.C3H4N2O3.6CH4/c1-9-3-2-4-10(9)5-6-16-11(14)13-8-15-7-12;6-2-4-1-5-3(7)8;;;;;;/h10H,1-6,8H2,(H,13,14);5H,1H2,(H,7,8);6*1H4. The summed E-state index contributed by atoms with van der Waals surface area (Å²) in [5.41, 5.74) is 1.26. The highest BCUT2D eigenvalue weighted by atomic mass is 16.6. The smallest absolute Gasteiger partial charge is 0.409 e. The summed E-state index contributed by atoms with van der Waals surface area (Å²) in [7, 11) is 0. The van der Waals surface area contributed by atoms with E-state index in [4.69, 9.17) is 15.1 Å². The van der Waals surface area contributed by atoms with Gasteiger partial charge in [-0.2, -0.15) is 10.3 Å². The van der Waals surface area contributed by atoms with Gasteiger partial charge >= 0.3 is 12.2 Å². The summed E-state index contributed by atoms with van der Waals surface area (Å²) in [5, 5.41) is 20.0. The van der Waals surface area contributed by atoms with E-state index < -0.39 is 12.2 Å². The van der Waals surface area contributed by atoms with Crippen molar-refractivity contribution in [3.05, 3.63) is 12.2 Å². The van der Waals surface area contributed by atoms with Gasteiger partial charge in [-0.05, 0) is 31.6 Å². The van der Waals surface area contributed by atoms with Gasteiger partial charge in [-0.3, -0.25) is 5.32 Å². The molecule has 0 aromatic heterocycles. The predicted octanol–water partition coefficient (Wildman–Crippen LogP) is 5.28. The Labute approximate surface area is 183 Å². The van der Waals surface area contributed by atoms with Crippen LogP contribution in [0, 0.1) is 17.4 Å². The Kier molecular flexibility index (Phi) is 46.6. The number of aliphatic imine (C=N–C) groups is 1. The maximum Gasteiger partial charge on any atom is 0.409 e. The quantitative estimate of drug-likeness (QED) is 0.123. The van der Waals surface area contributed by atoms with Crippen molar-refractivity contribution in [2.75, 3.05) is 20.0 Å². The lowest BCUT2D eigenvalue weighted by Crippen LogP contribution is -2.26. The van der Waals surface area contributed by atoms with Crippen LogP contribution in [0.4, 0.5) is 9.59 Å². The Morgan fingerprint density at radius 1 is 1.20 bits per heavy atom. The van der Waals surface area contributed by atoms with Gasteiger partial charge in [0, 0.05) is 0 Å². The zero-order chi connectivity index (χ0) is 18.2. The lowest BCUT2D eigenvalue weighted by Gasteiger charge is -2.11. The van der Waals surface area contributed by atoms with Gasteiger partial charge in [-0.1, -0.05) is 56.7 Å². The molecule has 0 bridgehead atoms. The lowest BCUT2D eigenvalue weighted by molar-refractivity contribution is 0.127. The second-order valence-electron chi connectivity index (χ2n) is 4.62. The number of hydrogen-bond donors (Lipinski definition) is 3. The summed E-state index contributed by atoms with van der Waals surface area (Å²) in [6.45, 7) is 3.99. The molecule has 0 aliphatic heterocycles. The minimum Gasteiger partial charge on any atom is -0.465 e. The molecular weight excluding hydrogens is 392 g/mol. The van der Waals surface area contributed by atoms with E-state index in [1.54, 1.807) is 0 Å². The number of nitrogens with zero attached hydrogens (tertiary/aromatic N) is 2. The molecular formula is C20H44N4O6. The van der Waals surface area contributed by atoms with E-state index >= 15 is 0 Å². The molecule has 1 rings (SSSR count). The Bertz CT molecular complexity index is 512. The highest BCUT2D eigenvalue weighted by Crippen LogP contribution is 2.31. The number of nitrogens with one attached hydrogen (secondary N) is 2. The van der Waals surface area contributed by atoms with E-state index in [1.807, 2.05) is 5.32 Å². The molecule has 0 saturated heterocycles. The van der Waals surface area contributed by atoms with E-state index in [1.165, 1.54) is 24.3 Å². The summed E-state index contributed by atoms with van der Waals surface area (Å²) in [6.07, 6.45) is 5.10. The third-order valence-corrected chi connectivity index (χ3v) is 3.05. The van der Waals surface area contributed by atoms with Crippen molar-refractivity contribution in [1.29, 1.82) is 5.26 Å². The number of carboxylic acid groups (broad SMARTS) is 1. The van der Waals surface area contributed by atoms with Crippen LogP contribution < -0.4 is 10.6 Å². The van der Waals surface area contributed by atoms with E-state index in [2.05, 4.69) is 21.6 Å². The molecule has 10 heteroatoms. The van der Waals surface area contributed by atoms with Crippen molar-refractivity contribution in [3.8, 4) is 6.26 Å². The van der Waals surface area contributed by atoms with E-state index in [9.17, 15) is 14.4 Å². The molecule has 1 saturated carbocycles. The fraction of sp³-hybridized carbons (Fsp3) is 0.700. The van der Waals surface area contributed by atoms with Crippen molar-refractivity contribution in [2.45, 2.75) is 70.2 Å². The van der Waals surface area contributed by atoms with Gasteiger partial charge in [0.2, 0.25) is 6.08 Å². The van der Waals surface area contributed by atoms with Crippen LogP contribution in [0.1, 0.15) is 70.2 Å². The number of rotatable bonds is 7. The molecule has 180 valence electrons. The van der Waals surface area contributed by atoms with Crippen LogP contribution >= 0.6 is 0 Å². The Hall–Kier alpha value is -3.05. The largest absolute Gasteiger partial charge is 0.465 e. The van der Waals surface area contributed by atoms with E-state index in [0.717, 1.165) is 19.3 Å². The number of carbonyl (C=O) groups is 2. The average Bonchev–Trinajstić information content (AvgIpc) is 2.94. The Morgan fingerprint density at radius 3 is 2.23 bits per heavy atom. The fourth-order valence-electron chi connectivity index (χ4n) is 1.94. The molecule has 1 fully saturated rings. The SMILES string of the molecule is C.C.C.C.C.C.C=C1CCCC1CCOC(=O)NCOC#N.O=C=NCNC(=O)O. The monoisotopic (exact) mass is 436 g/mol. The van der Waals surface area contributed by atoms with Gasteiger partial charge < -0.3 is 19.9 Å². The first kappa shape index (κ1) is 45.6. The van der Waals surface area contributed by atoms with E-state index in [0.29, 0.717) is 12.5 Å². The van der Waals surface area contributed by atoms with Gasteiger partial charge in [0.25, 0.3) is 6.26 Å². The minimum atomic E-state index is -1.20. The number of amides is 2. The summed E-state index contributed by atoms with van der Waals surface area (Å²) in [6, 6.07) is 0. The molecule has 1 aliphatic rings. The normalized spacial score (nSPS) is 12.0. The van der Waals surface area contributed by atoms with E-state index in [-0.39, 0.29) is 58.0 Å². The highest BCUT2D eigenvalue weighted by Gasteiger charge is 2.19. The van der Waals surface area contributed by atoms with Crippen LogP contribution in [0.2, 0.25) is 0 Å². The van der Waals surface area contributed by atoms with Crippen LogP contribution in [-0.2, 0) is 14.3 Å². The van der Waals surface area contributed by atoms with Gasteiger partial charge in [-0.15, -0.1) is 0 Å². The fourth-order valence-corrected chi connectivity index (χ4v) is 1.94. The molecule has 2 amide bonds. The molecule has 1 aliphatic carbocycles. The lowest BCUT2D eigenvalue weighted by atomic mass is 10.0. The van der Waals surface area contributed by atoms with Crippen LogP contribution in [-0.4, -0.2) is 43.4 Å². The molecule has 30 heavy (non-hydrogen) atoms. The first-order valence-electron chi connectivity index (χ1n) is 7.10. The molecule has 1 unspecified atom stereocenters. The number of carbonyl (C=O) groups excluding carboxylic acids is 2. The van der Waals surface area contributed by atoms with Gasteiger partial charge in [0.15, 0.2) is 6.73 Å². The molecule has 0 heterocycles. The molecule has 10 nitrogen and oxygen atoms in total. The van der Waals surface area contributed by atoms with Crippen molar-refractivity contribution >= 4 is 18.3 Å². The average molecular weight is 437 g/mol. The summed E-state index contributed by atoms with van der Waals surface area (Å²) < 4.78 is 9.20. The van der Waals surface area contributed by atoms with Crippen LogP contribution in [0.5, 0.6) is 0 Å². The first-order valence-corrected chi connectivity index (χ1v) is 7.10. The number of nitriles is 1. The zero-order valence-electron chi connectivity index (χ0n) is 13.1. The van der Waals surface area contributed by atoms with Gasteiger partial charge in [-0.25, -0.2) is 14.4 Å². The highest BCUT2D eigenvalue weighted by molar-refractivity contribution is 5.66. The third kappa shape index (κ3) is 27.2. The number of ether oxygens (including phenoxy) is 2. The van der Waals surface area contributed by atoms with Crippen molar-refractivity contribution in [3.63, 3.8) is 0 Å². The molecule has 0 aromatic rings. The van der Waals surface area contributed by atoms with Gasteiger partial charge in [0.05, 0.1) is 6.61 Å². The summed E-state index contributed by atoms with van der Waals surface area (Å²) in [4.78, 5) is 32.8. The Morgan fingerprint density at radius 2 is 1.80 bits per heavy atom. The summed E-state index contributed by atoms with van der Waals surface area (Å²) in [5.74, 6) is 0.489.